The minimum atomic E-state index is -0.341. The van der Waals surface area contributed by atoms with Crippen molar-refractivity contribution in [2.75, 3.05) is 42.9 Å². The second-order valence-electron chi connectivity index (χ2n) is 7.00. The van der Waals surface area contributed by atoms with Crippen LogP contribution in [-0.2, 0) is 0 Å². The quantitative estimate of drug-likeness (QED) is 0.714. The largest absolute Gasteiger partial charge is 0.360 e. The first-order valence-corrected chi connectivity index (χ1v) is 9.79. The van der Waals surface area contributed by atoms with E-state index in [-0.39, 0.29) is 5.91 Å². The van der Waals surface area contributed by atoms with E-state index in [4.69, 9.17) is 9.51 Å². The molecule has 2 aromatic heterocycles. The number of hydrogen-bond acceptors (Lipinski definition) is 7. The number of rotatable bonds is 5. The van der Waals surface area contributed by atoms with Crippen molar-refractivity contribution in [2.24, 2.45) is 0 Å². The van der Waals surface area contributed by atoms with Gasteiger partial charge in [-0.05, 0) is 13.5 Å². The van der Waals surface area contributed by atoms with Gasteiger partial charge in [-0.1, -0.05) is 42.4 Å². The molecule has 0 radical (unpaired) electrons. The molecule has 29 heavy (non-hydrogen) atoms. The van der Waals surface area contributed by atoms with E-state index in [1.807, 2.05) is 30.3 Å². The highest BCUT2D eigenvalue weighted by molar-refractivity contribution is 6.03. The number of hydrogen-bond donors (Lipinski definition) is 1. The van der Waals surface area contributed by atoms with Crippen LogP contribution < -0.4 is 10.2 Å². The first-order valence-electron chi connectivity index (χ1n) is 9.79. The lowest BCUT2D eigenvalue weighted by molar-refractivity contribution is 0.102. The number of aryl methyl sites for hydroxylation is 1. The van der Waals surface area contributed by atoms with Crippen molar-refractivity contribution in [3.63, 3.8) is 0 Å². The van der Waals surface area contributed by atoms with Gasteiger partial charge in [0.25, 0.3) is 5.91 Å². The van der Waals surface area contributed by atoms with Crippen LogP contribution in [0.1, 0.15) is 23.2 Å². The average Bonchev–Trinajstić information content (AvgIpc) is 3.18. The Hall–Kier alpha value is -3.26. The van der Waals surface area contributed by atoms with Crippen LogP contribution in [0.2, 0.25) is 0 Å². The van der Waals surface area contributed by atoms with Crippen LogP contribution in [0.4, 0.5) is 11.6 Å². The third-order valence-electron chi connectivity index (χ3n) is 4.99. The van der Waals surface area contributed by atoms with Crippen LogP contribution in [0.25, 0.3) is 11.4 Å². The molecule has 1 aliphatic heterocycles. The summed E-state index contributed by atoms with van der Waals surface area (Å²) in [6.45, 7) is 8.65. The molecule has 0 saturated carbocycles. The molecule has 1 N–H and O–H groups in total. The Kier molecular flexibility index (Phi) is 5.53. The van der Waals surface area contributed by atoms with Crippen LogP contribution in [0.5, 0.6) is 0 Å². The summed E-state index contributed by atoms with van der Waals surface area (Å²) >= 11 is 0. The fourth-order valence-corrected chi connectivity index (χ4v) is 3.33. The molecule has 0 unspecified atom stereocenters. The Morgan fingerprint density at radius 2 is 1.86 bits per heavy atom. The summed E-state index contributed by atoms with van der Waals surface area (Å²) in [6.07, 6.45) is 0. The van der Waals surface area contributed by atoms with Crippen LogP contribution in [0, 0.1) is 6.92 Å². The number of benzene rings is 1. The topological polar surface area (TPSA) is 87.4 Å². The number of carbonyl (C=O) groups is 1. The van der Waals surface area contributed by atoms with Gasteiger partial charge in [0.05, 0.1) is 0 Å². The summed E-state index contributed by atoms with van der Waals surface area (Å²) < 4.78 is 5.02. The highest BCUT2D eigenvalue weighted by Gasteiger charge is 2.21. The number of likely N-dealkylation sites (N-methyl/N-ethyl adjacent to an activating group) is 1. The standard InChI is InChI=1S/C21H24N6O2/c1-3-26-9-11-27(12-10-26)19-14-17(21(28)23-18-13-15(2)29-25-18)22-20(24-19)16-7-5-4-6-8-16/h4-8,13-14H,3,9-12H2,1-2H3,(H,23,25,28). The summed E-state index contributed by atoms with van der Waals surface area (Å²) in [6, 6.07) is 13.1. The van der Waals surface area contributed by atoms with E-state index >= 15 is 0 Å². The molecule has 1 fully saturated rings. The highest BCUT2D eigenvalue weighted by atomic mass is 16.5. The fourth-order valence-electron chi connectivity index (χ4n) is 3.33. The maximum Gasteiger partial charge on any atom is 0.275 e. The van der Waals surface area contributed by atoms with Crippen molar-refractivity contribution >= 4 is 17.5 Å². The Morgan fingerprint density at radius 3 is 2.52 bits per heavy atom. The van der Waals surface area contributed by atoms with Gasteiger partial charge in [0.15, 0.2) is 11.6 Å². The van der Waals surface area contributed by atoms with Crippen molar-refractivity contribution in [2.45, 2.75) is 13.8 Å². The normalized spacial score (nSPS) is 14.8. The number of piperazine rings is 1. The monoisotopic (exact) mass is 392 g/mol. The molecule has 0 aliphatic carbocycles. The molecular formula is C21H24N6O2. The maximum absolute atomic E-state index is 12.8. The Bertz CT molecular complexity index is 980. The highest BCUT2D eigenvalue weighted by Crippen LogP contribution is 2.22. The minimum absolute atomic E-state index is 0.299. The van der Waals surface area contributed by atoms with Crippen molar-refractivity contribution in [1.82, 2.24) is 20.0 Å². The van der Waals surface area contributed by atoms with Gasteiger partial charge in [-0.3, -0.25) is 4.79 Å². The van der Waals surface area contributed by atoms with Crippen molar-refractivity contribution in [3.05, 3.63) is 53.9 Å². The molecule has 8 heteroatoms. The van der Waals surface area contributed by atoms with E-state index in [0.717, 1.165) is 44.1 Å². The lowest BCUT2D eigenvalue weighted by Gasteiger charge is -2.34. The number of nitrogens with zero attached hydrogens (tertiary/aromatic N) is 5. The van der Waals surface area contributed by atoms with E-state index in [9.17, 15) is 4.79 Å². The molecule has 8 nitrogen and oxygen atoms in total. The number of nitrogens with one attached hydrogen (secondary N) is 1. The molecule has 4 rings (SSSR count). The first kappa shape index (κ1) is 19.1. The first-order chi connectivity index (χ1) is 14.1. The lowest BCUT2D eigenvalue weighted by atomic mass is 10.2. The van der Waals surface area contributed by atoms with Crippen molar-refractivity contribution in [1.29, 1.82) is 0 Å². The van der Waals surface area contributed by atoms with Crippen molar-refractivity contribution in [3.8, 4) is 11.4 Å². The number of anilines is 2. The molecule has 150 valence electrons. The summed E-state index contributed by atoms with van der Waals surface area (Å²) in [5.41, 5.74) is 1.17. The van der Waals surface area contributed by atoms with Gasteiger partial charge in [-0.15, -0.1) is 0 Å². The van der Waals surface area contributed by atoms with Crippen LogP contribution >= 0.6 is 0 Å². The zero-order valence-corrected chi connectivity index (χ0v) is 16.6. The minimum Gasteiger partial charge on any atom is -0.360 e. The van der Waals surface area contributed by atoms with Gasteiger partial charge in [-0.25, -0.2) is 9.97 Å². The fraction of sp³-hybridized carbons (Fsp3) is 0.333. The molecule has 1 saturated heterocycles. The van der Waals surface area contributed by atoms with Gasteiger partial charge in [0, 0.05) is 43.9 Å². The van der Waals surface area contributed by atoms with E-state index in [0.29, 0.717) is 23.1 Å². The third kappa shape index (κ3) is 4.43. The smallest absolute Gasteiger partial charge is 0.275 e. The number of aromatic nitrogens is 3. The molecule has 0 bridgehead atoms. The van der Waals surface area contributed by atoms with Crippen molar-refractivity contribution < 1.29 is 9.32 Å². The Balaban J connectivity index is 1.65. The molecule has 1 aromatic carbocycles. The molecule has 0 spiro atoms. The predicted octanol–water partition coefficient (Wildman–Crippen LogP) is 2.83. The van der Waals surface area contributed by atoms with Gasteiger partial charge in [-0.2, -0.15) is 0 Å². The summed E-state index contributed by atoms with van der Waals surface area (Å²) in [5, 5.41) is 6.57. The SMILES string of the molecule is CCN1CCN(c2cc(C(=O)Nc3cc(C)on3)nc(-c3ccccc3)n2)CC1. The second-order valence-corrected chi connectivity index (χ2v) is 7.00. The summed E-state index contributed by atoms with van der Waals surface area (Å²) in [5.74, 6) is 1.94. The van der Waals surface area contributed by atoms with Gasteiger partial charge in [0.2, 0.25) is 0 Å². The zero-order chi connectivity index (χ0) is 20.2. The third-order valence-corrected chi connectivity index (χ3v) is 4.99. The van der Waals surface area contributed by atoms with Crippen LogP contribution in [0.15, 0.2) is 47.0 Å². The van der Waals surface area contributed by atoms with E-state index in [1.165, 1.54) is 0 Å². The van der Waals surface area contributed by atoms with E-state index in [2.05, 4.69) is 32.2 Å². The predicted molar refractivity (Wildman–Crippen MR) is 111 cm³/mol. The molecule has 0 atom stereocenters. The van der Waals surface area contributed by atoms with Gasteiger partial charge < -0.3 is 19.6 Å². The van der Waals surface area contributed by atoms with Gasteiger partial charge in [0.1, 0.15) is 17.3 Å². The molecule has 1 amide bonds. The lowest BCUT2D eigenvalue weighted by Crippen LogP contribution is -2.46. The summed E-state index contributed by atoms with van der Waals surface area (Å²) in [4.78, 5) is 26.7. The molecule has 3 heterocycles. The van der Waals surface area contributed by atoms with Crippen LogP contribution in [-0.4, -0.2) is 58.7 Å². The Morgan fingerprint density at radius 1 is 1.10 bits per heavy atom. The molecule has 3 aromatic rings. The molecule has 1 aliphatic rings. The average molecular weight is 392 g/mol. The maximum atomic E-state index is 12.8. The zero-order valence-electron chi connectivity index (χ0n) is 16.6. The van der Waals surface area contributed by atoms with E-state index in [1.54, 1.807) is 19.1 Å². The number of carbonyl (C=O) groups excluding carboxylic acids is 1. The second kappa shape index (κ2) is 8.40. The molecular weight excluding hydrogens is 368 g/mol. The summed E-state index contributed by atoms with van der Waals surface area (Å²) in [7, 11) is 0. The number of amides is 1. The van der Waals surface area contributed by atoms with Gasteiger partial charge >= 0.3 is 0 Å². The van der Waals surface area contributed by atoms with E-state index < -0.39 is 0 Å². The Labute approximate surface area is 169 Å². The van der Waals surface area contributed by atoms with Crippen LogP contribution in [0.3, 0.4) is 0 Å².